The molecule has 0 saturated carbocycles. The monoisotopic (exact) mass is 589 g/mol. The van der Waals surface area contributed by atoms with Gasteiger partial charge in [-0.3, -0.25) is 13.9 Å². The Labute approximate surface area is 240 Å². The van der Waals surface area contributed by atoms with Crippen LogP contribution in [-0.2, 0) is 26.2 Å². The molecule has 3 aromatic carbocycles. The molecule has 0 aliphatic rings. The highest BCUT2D eigenvalue weighted by Crippen LogP contribution is 2.29. The van der Waals surface area contributed by atoms with Crippen molar-refractivity contribution in [2.24, 2.45) is 0 Å². The van der Waals surface area contributed by atoms with Gasteiger partial charge in [0.05, 0.1) is 10.6 Å². The number of sulfonamides is 1. The first kappa shape index (κ1) is 30.5. The maximum Gasteiger partial charge on any atom is 0.264 e. The number of rotatable bonds is 10. The van der Waals surface area contributed by atoms with Crippen LogP contribution in [0.5, 0.6) is 0 Å². The minimum Gasteiger partial charge on any atom is -0.352 e. The van der Waals surface area contributed by atoms with E-state index in [2.05, 4.69) is 5.32 Å². The van der Waals surface area contributed by atoms with Crippen molar-refractivity contribution in [3.8, 4) is 0 Å². The zero-order chi connectivity index (χ0) is 28.9. The first-order valence-electron chi connectivity index (χ1n) is 12.5. The standard InChI is InChI=1S/C29H33Cl2N3O4S/c1-19(2)32-29(36)22(5)33(17-23-8-6-7-9-26(23)30)28(35)18-34(24-13-12-21(4)27(31)16-24)39(37,38)25-14-10-20(3)11-15-25/h6-16,19,22H,17-18H2,1-5H3,(H,32,36). The number of benzene rings is 3. The van der Waals surface area contributed by atoms with Crippen LogP contribution in [0.3, 0.4) is 0 Å². The Kier molecular flexibility index (Phi) is 10.0. The molecular formula is C29H33Cl2N3O4S. The van der Waals surface area contributed by atoms with E-state index in [0.29, 0.717) is 15.6 Å². The van der Waals surface area contributed by atoms with Gasteiger partial charge in [-0.1, -0.05) is 65.2 Å². The number of nitrogens with one attached hydrogen (secondary N) is 1. The molecule has 3 rings (SSSR count). The number of anilines is 1. The van der Waals surface area contributed by atoms with Gasteiger partial charge in [-0.05, 0) is 76.1 Å². The molecule has 7 nitrogen and oxygen atoms in total. The maximum atomic E-state index is 13.9. The van der Waals surface area contributed by atoms with E-state index >= 15 is 0 Å². The van der Waals surface area contributed by atoms with Gasteiger partial charge in [-0.15, -0.1) is 0 Å². The summed E-state index contributed by atoms with van der Waals surface area (Å²) in [7, 11) is -4.17. The number of hydrogen-bond acceptors (Lipinski definition) is 4. The molecule has 0 aliphatic carbocycles. The third-order valence-corrected chi connectivity index (χ3v) is 8.79. The lowest BCUT2D eigenvalue weighted by atomic mass is 10.1. The molecule has 0 aromatic heterocycles. The summed E-state index contributed by atoms with van der Waals surface area (Å²) in [5.41, 5.74) is 2.52. The molecule has 2 amide bonds. The molecule has 1 atom stereocenters. The number of carbonyl (C=O) groups is 2. The minimum atomic E-state index is -4.17. The van der Waals surface area contributed by atoms with E-state index in [1.54, 1.807) is 62.4 Å². The molecule has 1 unspecified atom stereocenters. The number of nitrogens with zero attached hydrogens (tertiary/aromatic N) is 2. The third-order valence-electron chi connectivity index (χ3n) is 6.23. The Hall–Kier alpha value is -3.07. The van der Waals surface area contributed by atoms with E-state index < -0.39 is 28.5 Å². The van der Waals surface area contributed by atoms with Crippen molar-refractivity contribution in [1.29, 1.82) is 0 Å². The highest BCUT2D eigenvalue weighted by atomic mass is 35.5. The van der Waals surface area contributed by atoms with E-state index in [1.165, 1.54) is 23.1 Å². The van der Waals surface area contributed by atoms with Crippen LogP contribution in [0.25, 0.3) is 0 Å². The SMILES string of the molecule is Cc1ccc(S(=O)(=O)N(CC(=O)N(Cc2ccccc2Cl)C(C)C(=O)NC(C)C)c2ccc(C)c(Cl)c2)cc1. The second-order valence-electron chi connectivity index (χ2n) is 9.71. The van der Waals surface area contributed by atoms with Crippen LogP contribution in [0.2, 0.25) is 10.0 Å². The second-order valence-corrected chi connectivity index (χ2v) is 12.4. The maximum absolute atomic E-state index is 13.9. The molecule has 10 heteroatoms. The zero-order valence-electron chi connectivity index (χ0n) is 22.6. The number of halogens is 2. The molecule has 0 saturated heterocycles. The lowest BCUT2D eigenvalue weighted by Crippen LogP contribution is -2.52. The highest BCUT2D eigenvalue weighted by molar-refractivity contribution is 7.92. The van der Waals surface area contributed by atoms with Gasteiger partial charge >= 0.3 is 0 Å². The Morgan fingerprint density at radius 1 is 0.897 bits per heavy atom. The van der Waals surface area contributed by atoms with Gasteiger partial charge in [0.1, 0.15) is 12.6 Å². The largest absolute Gasteiger partial charge is 0.352 e. The second kappa shape index (κ2) is 12.9. The Balaban J connectivity index is 2.07. The first-order chi connectivity index (χ1) is 18.3. The molecule has 0 spiro atoms. The molecule has 1 N–H and O–H groups in total. The summed E-state index contributed by atoms with van der Waals surface area (Å²) in [5.74, 6) is -0.939. The molecule has 0 heterocycles. The van der Waals surface area contributed by atoms with Crippen molar-refractivity contribution in [3.05, 3.63) is 93.5 Å². The van der Waals surface area contributed by atoms with Gasteiger partial charge in [0, 0.05) is 22.6 Å². The topological polar surface area (TPSA) is 86.8 Å². The van der Waals surface area contributed by atoms with E-state index in [-0.39, 0.29) is 29.1 Å². The number of hydrogen-bond donors (Lipinski definition) is 1. The Morgan fingerprint density at radius 2 is 1.54 bits per heavy atom. The van der Waals surface area contributed by atoms with E-state index in [9.17, 15) is 18.0 Å². The van der Waals surface area contributed by atoms with Crippen LogP contribution in [0.4, 0.5) is 5.69 Å². The van der Waals surface area contributed by atoms with Crippen LogP contribution in [0, 0.1) is 13.8 Å². The average Bonchev–Trinajstić information content (AvgIpc) is 2.87. The van der Waals surface area contributed by atoms with Gasteiger partial charge in [0.2, 0.25) is 11.8 Å². The number of carbonyl (C=O) groups excluding carboxylic acids is 2. The van der Waals surface area contributed by atoms with Crippen molar-refractivity contribution < 1.29 is 18.0 Å². The summed E-state index contributed by atoms with van der Waals surface area (Å²) in [6, 6.07) is 17.2. The number of amides is 2. The average molecular weight is 591 g/mol. The predicted octanol–water partition coefficient (Wildman–Crippen LogP) is 5.75. The van der Waals surface area contributed by atoms with E-state index in [0.717, 1.165) is 15.4 Å². The first-order valence-corrected chi connectivity index (χ1v) is 14.7. The van der Waals surface area contributed by atoms with Crippen LogP contribution >= 0.6 is 23.2 Å². The fraction of sp³-hybridized carbons (Fsp3) is 0.310. The van der Waals surface area contributed by atoms with E-state index in [1.807, 2.05) is 20.8 Å². The van der Waals surface area contributed by atoms with Gasteiger partial charge in [-0.2, -0.15) is 0 Å². The van der Waals surface area contributed by atoms with Crippen LogP contribution in [0.15, 0.2) is 71.6 Å². The fourth-order valence-electron chi connectivity index (χ4n) is 3.90. The summed E-state index contributed by atoms with van der Waals surface area (Å²) in [6.45, 7) is 8.36. The fourth-order valence-corrected chi connectivity index (χ4v) is 5.68. The lowest BCUT2D eigenvalue weighted by Gasteiger charge is -2.32. The van der Waals surface area contributed by atoms with Gasteiger partial charge in [0.25, 0.3) is 10.0 Å². The normalized spacial score (nSPS) is 12.2. The molecule has 0 bridgehead atoms. The molecule has 208 valence electrons. The van der Waals surface area contributed by atoms with Crippen LogP contribution in [0.1, 0.15) is 37.5 Å². The zero-order valence-corrected chi connectivity index (χ0v) is 24.9. The Morgan fingerprint density at radius 3 is 2.13 bits per heavy atom. The van der Waals surface area contributed by atoms with Crippen LogP contribution in [-0.4, -0.2) is 43.8 Å². The number of aryl methyl sites for hydroxylation is 2. The summed E-state index contributed by atoms with van der Waals surface area (Å²) in [4.78, 5) is 28.3. The van der Waals surface area contributed by atoms with Gasteiger partial charge < -0.3 is 10.2 Å². The molecule has 3 aromatic rings. The van der Waals surface area contributed by atoms with Crippen molar-refractivity contribution in [1.82, 2.24) is 10.2 Å². The molecule has 0 radical (unpaired) electrons. The van der Waals surface area contributed by atoms with Crippen molar-refractivity contribution in [2.75, 3.05) is 10.8 Å². The third kappa shape index (κ3) is 7.53. The molecule has 0 fully saturated rings. The minimum absolute atomic E-state index is 0.0122. The highest BCUT2D eigenvalue weighted by Gasteiger charge is 2.33. The van der Waals surface area contributed by atoms with Crippen LogP contribution < -0.4 is 9.62 Å². The van der Waals surface area contributed by atoms with Crippen molar-refractivity contribution in [3.63, 3.8) is 0 Å². The van der Waals surface area contributed by atoms with E-state index in [4.69, 9.17) is 23.2 Å². The molecular weight excluding hydrogens is 557 g/mol. The summed E-state index contributed by atoms with van der Waals surface area (Å²) in [5, 5.41) is 3.62. The van der Waals surface area contributed by atoms with Gasteiger partial charge in [0.15, 0.2) is 0 Å². The van der Waals surface area contributed by atoms with Gasteiger partial charge in [-0.25, -0.2) is 8.42 Å². The summed E-state index contributed by atoms with van der Waals surface area (Å²) < 4.78 is 28.8. The van der Waals surface area contributed by atoms with Crippen molar-refractivity contribution in [2.45, 2.75) is 58.1 Å². The Bertz CT molecular complexity index is 1440. The quantitative estimate of drug-likeness (QED) is 0.326. The smallest absolute Gasteiger partial charge is 0.264 e. The summed E-state index contributed by atoms with van der Waals surface area (Å²) in [6.07, 6.45) is 0. The predicted molar refractivity (Wildman–Crippen MR) is 157 cm³/mol. The molecule has 39 heavy (non-hydrogen) atoms. The molecule has 0 aliphatic heterocycles. The lowest BCUT2D eigenvalue weighted by molar-refractivity contribution is -0.139. The van der Waals surface area contributed by atoms with Crippen molar-refractivity contribution >= 4 is 50.7 Å². The summed E-state index contributed by atoms with van der Waals surface area (Å²) >= 11 is 12.7.